The zero-order valence-corrected chi connectivity index (χ0v) is 20.3. The SMILES string of the molecule is C[C@@H]1C(=O)OC2C1C13OC(O)C([C@@H](O)C=O)(C[C@@H](O)COC1=O)C3(C)[C@H]2OC(=S)Oc1ccccc1. The minimum Gasteiger partial charge on any atom is -0.461 e. The van der Waals surface area contributed by atoms with Crippen LogP contribution in [0.3, 0.4) is 0 Å². The van der Waals surface area contributed by atoms with Crippen molar-refractivity contribution in [1.29, 1.82) is 0 Å². The van der Waals surface area contributed by atoms with Crippen LogP contribution in [0.5, 0.6) is 5.75 Å². The Bertz CT molecular complexity index is 1100. The molecule has 3 N–H and O–H groups in total. The van der Waals surface area contributed by atoms with Gasteiger partial charge in [0.2, 0.25) is 0 Å². The largest absolute Gasteiger partial charge is 0.461 e. The molecular formula is C24H26O11S. The van der Waals surface area contributed by atoms with E-state index in [-0.39, 0.29) is 11.5 Å². The first kappa shape index (κ1) is 25.0. The van der Waals surface area contributed by atoms with Crippen LogP contribution in [-0.4, -0.2) is 81.7 Å². The highest BCUT2D eigenvalue weighted by atomic mass is 32.1. The summed E-state index contributed by atoms with van der Waals surface area (Å²) in [7, 11) is 0. The van der Waals surface area contributed by atoms with E-state index in [1.807, 2.05) is 0 Å². The van der Waals surface area contributed by atoms with Crippen molar-refractivity contribution < 1.29 is 53.4 Å². The molecule has 0 spiro atoms. The van der Waals surface area contributed by atoms with Crippen molar-refractivity contribution in [3.05, 3.63) is 30.3 Å². The van der Waals surface area contributed by atoms with Gasteiger partial charge in [-0.15, -0.1) is 0 Å². The Labute approximate surface area is 211 Å². The molecule has 2 bridgehead atoms. The average Bonchev–Trinajstić information content (AvgIpc) is 3.33. The number of aliphatic hydroxyl groups is 3. The van der Waals surface area contributed by atoms with Crippen molar-refractivity contribution in [2.45, 2.75) is 56.6 Å². The van der Waals surface area contributed by atoms with Crippen LogP contribution in [0.4, 0.5) is 0 Å². The number of cyclic esters (lactones) is 1. The van der Waals surface area contributed by atoms with Gasteiger partial charge >= 0.3 is 17.2 Å². The quantitative estimate of drug-likeness (QED) is 0.274. The molecule has 4 fully saturated rings. The van der Waals surface area contributed by atoms with Crippen LogP contribution in [0, 0.1) is 22.7 Å². The minimum absolute atomic E-state index is 0.201. The van der Waals surface area contributed by atoms with E-state index in [2.05, 4.69) is 0 Å². The fourth-order valence-electron chi connectivity index (χ4n) is 6.84. The van der Waals surface area contributed by atoms with Crippen molar-refractivity contribution in [1.82, 2.24) is 0 Å². The lowest BCUT2D eigenvalue weighted by Crippen LogP contribution is -2.66. The summed E-state index contributed by atoms with van der Waals surface area (Å²) in [5, 5.41) is 32.5. The molecule has 12 heteroatoms. The molecule has 3 saturated heterocycles. The number of aliphatic hydroxyl groups excluding tert-OH is 3. The number of fused-ring (bicyclic) bond motifs is 1. The predicted octanol–water partition coefficient (Wildman–Crippen LogP) is -0.125. The molecule has 1 saturated carbocycles. The number of rotatable bonds is 4. The summed E-state index contributed by atoms with van der Waals surface area (Å²) in [5.41, 5.74) is -5.83. The Balaban J connectivity index is 1.69. The van der Waals surface area contributed by atoms with Crippen molar-refractivity contribution in [3.8, 4) is 5.75 Å². The molecule has 0 radical (unpaired) electrons. The summed E-state index contributed by atoms with van der Waals surface area (Å²) >= 11 is 5.32. The topological polar surface area (TPSA) is 158 Å². The van der Waals surface area contributed by atoms with E-state index in [1.54, 1.807) is 30.3 Å². The van der Waals surface area contributed by atoms with Gasteiger partial charge in [0.25, 0.3) is 0 Å². The van der Waals surface area contributed by atoms with Crippen molar-refractivity contribution >= 4 is 35.7 Å². The van der Waals surface area contributed by atoms with Crippen LogP contribution in [0.2, 0.25) is 0 Å². The molecule has 1 aromatic carbocycles. The number of para-hydroxylation sites is 1. The van der Waals surface area contributed by atoms with Crippen molar-refractivity contribution in [2.24, 2.45) is 22.7 Å². The Morgan fingerprint density at radius 1 is 1.25 bits per heavy atom. The number of hydrogen-bond acceptors (Lipinski definition) is 12. The van der Waals surface area contributed by atoms with Crippen LogP contribution < -0.4 is 4.74 Å². The first-order chi connectivity index (χ1) is 17.0. The first-order valence-corrected chi connectivity index (χ1v) is 11.9. The van der Waals surface area contributed by atoms with Gasteiger partial charge in [-0.3, -0.25) is 4.79 Å². The third-order valence-electron chi connectivity index (χ3n) is 8.44. The van der Waals surface area contributed by atoms with Gasteiger partial charge in [0, 0.05) is 12.2 Å². The normalized spacial score (nSPS) is 43.8. The van der Waals surface area contributed by atoms with Gasteiger partial charge < -0.3 is 43.8 Å². The van der Waals surface area contributed by atoms with Gasteiger partial charge in [0.05, 0.1) is 28.8 Å². The molecule has 0 amide bonds. The van der Waals surface area contributed by atoms with Gasteiger partial charge in [0.15, 0.2) is 11.9 Å². The number of benzene rings is 1. The van der Waals surface area contributed by atoms with E-state index in [0.717, 1.165) is 0 Å². The van der Waals surface area contributed by atoms with Gasteiger partial charge in [-0.1, -0.05) is 32.0 Å². The molecule has 4 aliphatic rings. The van der Waals surface area contributed by atoms with Gasteiger partial charge in [0.1, 0.15) is 37.0 Å². The lowest BCUT2D eigenvalue weighted by molar-refractivity contribution is -0.211. The molecule has 0 aromatic heterocycles. The molecule has 5 rings (SSSR count). The Hall–Kier alpha value is -2.64. The second kappa shape index (κ2) is 8.45. The number of aldehydes is 1. The number of carbonyl (C=O) groups is 3. The first-order valence-electron chi connectivity index (χ1n) is 11.5. The summed E-state index contributed by atoms with van der Waals surface area (Å²) < 4.78 is 28.6. The zero-order chi connectivity index (χ0) is 26.0. The van der Waals surface area contributed by atoms with E-state index < -0.39 is 83.9 Å². The van der Waals surface area contributed by atoms with E-state index in [0.29, 0.717) is 5.75 Å². The molecule has 10 atom stereocenters. The maximum absolute atomic E-state index is 13.7. The number of thiocarbonyl (C=S) groups is 1. The summed E-state index contributed by atoms with van der Waals surface area (Å²) in [6.07, 6.45) is -7.84. The Morgan fingerprint density at radius 3 is 2.61 bits per heavy atom. The molecule has 11 nitrogen and oxygen atoms in total. The second-order valence-electron chi connectivity index (χ2n) is 9.91. The van der Waals surface area contributed by atoms with Crippen LogP contribution in [0.15, 0.2) is 30.3 Å². The fraction of sp³-hybridized carbons (Fsp3) is 0.583. The van der Waals surface area contributed by atoms with Gasteiger partial charge in [-0.25, -0.2) is 4.79 Å². The lowest BCUT2D eigenvalue weighted by Gasteiger charge is -2.51. The van der Waals surface area contributed by atoms with E-state index in [1.165, 1.54) is 13.8 Å². The molecule has 3 aliphatic heterocycles. The average molecular weight is 523 g/mol. The highest BCUT2D eigenvalue weighted by molar-refractivity contribution is 7.79. The summed E-state index contributed by atoms with van der Waals surface area (Å²) in [5.74, 6) is -3.20. The van der Waals surface area contributed by atoms with E-state index >= 15 is 0 Å². The third kappa shape index (κ3) is 2.99. The van der Waals surface area contributed by atoms with Crippen LogP contribution in [-0.2, 0) is 33.3 Å². The second-order valence-corrected chi connectivity index (χ2v) is 10.2. The van der Waals surface area contributed by atoms with E-state index in [9.17, 15) is 29.7 Å². The summed E-state index contributed by atoms with van der Waals surface area (Å²) in [4.78, 5) is 38.3. The Morgan fingerprint density at radius 2 is 1.94 bits per heavy atom. The summed E-state index contributed by atoms with van der Waals surface area (Å²) in [6, 6.07) is 8.46. The highest BCUT2D eigenvalue weighted by Crippen LogP contribution is 2.73. The Kier molecular flexibility index (Phi) is 5.88. The molecule has 6 unspecified atom stereocenters. The van der Waals surface area contributed by atoms with Crippen LogP contribution in [0.1, 0.15) is 20.3 Å². The maximum atomic E-state index is 13.7. The van der Waals surface area contributed by atoms with Crippen molar-refractivity contribution in [3.63, 3.8) is 0 Å². The van der Waals surface area contributed by atoms with E-state index in [4.69, 9.17) is 35.9 Å². The number of carbonyl (C=O) groups excluding carboxylic acids is 3. The maximum Gasteiger partial charge on any atom is 0.358 e. The standard InChI is InChI=1S/C24H26O11S/c1-11-15-16(33-18(11)28)17(34-21(36)32-13-6-4-3-5-7-13)22(2)23(14(27)9-25)8-12(26)10-31-20(30)24(15,22)35-19(23)29/h3-7,9,11-12,14-17,19,26-27,29H,8,10H2,1-2H3/t11-,12+,14-,15?,16?,17-,19?,22?,23?,24?/m0/s1. The van der Waals surface area contributed by atoms with Crippen molar-refractivity contribution in [2.75, 3.05) is 6.61 Å². The molecule has 194 valence electrons. The number of hydrogen-bond donors (Lipinski definition) is 3. The number of esters is 2. The highest BCUT2D eigenvalue weighted by Gasteiger charge is 2.89. The summed E-state index contributed by atoms with van der Waals surface area (Å²) in [6.45, 7) is 2.54. The molecule has 3 heterocycles. The monoisotopic (exact) mass is 522 g/mol. The third-order valence-corrected chi connectivity index (χ3v) is 8.62. The minimum atomic E-state index is -2.08. The van der Waals surface area contributed by atoms with Crippen LogP contribution in [0.25, 0.3) is 0 Å². The molecule has 1 aliphatic carbocycles. The number of ether oxygens (including phenoxy) is 5. The predicted molar refractivity (Wildman–Crippen MR) is 121 cm³/mol. The molecule has 1 aromatic rings. The molecular weight excluding hydrogens is 496 g/mol. The van der Waals surface area contributed by atoms with Gasteiger partial charge in [-0.2, -0.15) is 0 Å². The zero-order valence-electron chi connectivity index (χ0n) is 19.4. The smallest absolute Gasteiger partial charge is 0.358 e. The lowest BCUT2D eigenvalue weighted by atomic mass is 9.52. The fourth-order valence-corrected chi connectivity index (χ4v) is 7.04. The molecule has 36 heavy (non-hydrogen) atoms. The van der Waals surface area contributed by atoms with Crippen LogP contribution >= 0.6 is 12.2 Å². The van der Waals surface area contributed by atoms with Gasteiger partial charge in [-0.05, 0) is 18.6 Å².